The summed E-state index contributed by atoms with van der Waals surface area (Å²) in [5.74, 6) is -1.30. The van der Waals surface area contributed by atoms with Gasteiger partial charge in [0, 0.05) is 134 Å². The zero-order valence-corrected chi connectivity index (χ0v) is 33.5. The van der Waals surface area contributed by atoms with Crippen LogP contribution in [0.15, 0.2) is 97.6 Å². The molecule has 2 atom stereocenters. The van der Waals surface area contributed by atoms with Gasteiger partial charge in [-0.3, -0.25) is 24.4 Å². The Morgan fingerprint density at radius 2 is 1.16 bits per heavy atom. The van der Waals surface area contributed by atoms with Crippen LogP contribution in [0, 0.1) is 35.1 Å². The number of amides is 3. The minimum atomic E-state index is -0.679. The van der Waals surface area contributed by atoms with E-state index in [0.717, 1.165) is 57.3 Å². The lowest BCUT2D eigenvalue weighted by atomic mass is 9.99. The Kier molecular flexibility index (Phi) is 11.7. The zero-order valence-electron chi connectivity index (χ0n) is 33.5. The van der Waals surface area contributed by atoms with Crippen molar-refractivity contribution in [1.82, 2.24) is 39.6 Å². The van der Waals surface area contributed by atoms with Crippen molar-refractivity contribution < 1.29 is 27.2 Å². The van der Waals surface area contributed by atoms with Gasteiger partial charge in [-0.2, -0.15) is 10.2 Å². The van der Waals surface area contributed by atoms with E-state index in [0.29, 0.717) is 43.0 Å². The number of imidazole rings is 1. The molecule has 1 N–H and O–H groups in total. The smallest absolute Gasteiger partial charge is 0.322 e. The van der Waals surface area contributed by atoms with Gasteiger partial charge in [-0.25, -0.2) is 42.2 Å². The first kappa shape index (κ1) is 40.6. The highest BCUT2D eigenvalue weighted by atomic mass is 19.1. The summed E-state index contributed by atoms with van der Waals surface area (Å²) in [5.41, 5.74) is 6.63. The van der Waals surface area contributed by atoms with E-state index < -0.39 is 41.4 Å². The van der Waals surface area contributed by atoms with Gasteiger partial charge < -0.3 is 10.2 Å². The Morgan fingerprint density at radius 3 is 1.62 bits per heavy atom. The molecule has 61 heavy (non-hydrogen) atoms. The van der Waals surface area contributed by atoms with Crippen molar-refractivity contribution >= 4 is 36.9 Å². The van der Waals surface area contributed by atoms with Crippen LogP contribution in [0.2, 0.25) is 0 Å². The third-order valence-electron chi connectivity index (χ3n) is 12.0. The van der Waals surface area contributed by atoms with E-state index in [1.165, 1.54) is 100 Å². The van der Waals surface area contributed by atoms with Gasteiger partial charge in [0.05, 0.1) is 25.2 Å². The van der Waals surface area contributed by atoms with Gasteiger partial charge in [-0.05, 0) is 63.6 Å². The number of aliphatic imine (C=N–C) groups is 2. The van der Waals surface area contributed by atoms with E-state index in [-0.39, 0.29) is 6.03 Å². The first-order valence-corrected chi connectivity index (χ1v) is 20.6. The first-order chi connectivity index (χ1) is 29.6. The van der Waals surface area contributed by atoms with Gasteiger partial charge in [0.15, 0.2) is 0 Å². The molecule has 14 nitrogen and oxygen atoms in total. The van der Waals surface area contributed by atoms with Crippen molar-refractivity contribution in [3.05, 3.63) is 112 Å². The lowest BCUT2D eigenvalue weighted by molar-refractivity contribution is 0.0688. The maximum atomic E-state index is 13.6. The molecule has 2 saturated heterocycles. The number of aromatic nitrogens is 2. The summed E-state index contributed by atoms with van der Waals surface area (Å²) < 4.78 is 55.0. The maximum Gasteiger partial charge on any atom is 0.350 e. The third kappa shape index (κ3) is 9.11. The Hall–Kier alpha value is -5.85. The molecule has 2 fully saturated rings. The second-order valence-corrected chi connectivity index (χ2v) is 16.6. The normalized spacial score (nSPS) is 23.0. The second kappa shape index (κ2) is 17.6. The molecule has 0 unspecified atom stereocenters. The number of benzene rings is 2. The van der Waals surface area contributed by atoms with Crippen molar-refractivity contribution in [3.63, 3.8) is 0 Å². The van der Waals surface area contributed by atoms with E-state index >= 15 is 0 Å². The number of carbonyl (C=O) groups is 2. The highest BCUT2D eigenvalue weighted by molar-refractivity contribution is 5.85. The van der Waals surface area contributed by atoms with Gasteiger partial charge in [-0.15, -0.1) is 0 Å². The molecule has 11 rings (SSSR count). The van der Waals surface area contributed by atoms with Crippen molar-refractivity contribution in [2.24, 2.45) is 32.0 Å². The first-order valence-electron chi connectivity index (χ1n) is 20.6. The SMILES string of the molecule is C1=NCC2=C1CN(CC1CNC1)C2.O=C(N1CC(CN2CC3=C(CN=C3)C2)C1)N1N=CC[C@H]1c1cc(F)cc(F)c1.O=C(N1N=CC[C@H]1c1cc(F)cc(F)c1)n1ccnc1. The van der Waals surface area contributed by atoms with Gasteiger partial charge in [0.25, 0.3) is 0 Å². The van der Waals surface area contributed by atoms with Gasteiger partial charge in [-0.1, -0.05) is 0 Å². The zero-order chi connectivity index (χ0) is 42.0. The predicted molar refractivity (Wildman–Crippen MR) is 222 cm³/mol. The summed E-state index contributed by atoms with van der Waals surface area (Å²) in [5, 5.41) is 14.0. The molecule has 0 bridgehead atoms. The number of halogens is 4. The quantitative estimate of drug-likeness (QED) is 0.352. The summed E-state index contributed by atoms with van der Waals surface area (Å²) in [6, 6.07) is 4.97. The minimum absolute atomic E-state index is 0.200. The molecular formula is C43H46F4N12O2. The fourth-order valence-electron chi connectivity index (χ4n) is 8.89. The van der Waals surface area contributed by atoms with Crippen LogP contribution in [0.1, 0.15) is 36.1 Å². The minimum Gasteiger partial charge on any atom is -0.322 e. The van der Waals surface area contributed by atoms with E-state index in [9.17, 15) is 27.2 Å². The van der Waals surface area contributed by atoms with E-state index in [1.807, 2.05) is 6.21 Å². The van der Waals surface area contributed by atoms with Crippen LogP contribution in [-0.4, -0.2) is 150 Å². The molecular weight excluding hydrogens is 793 g/mol. The van der Waals surface area contributed by atoms with E-state index in [4.69, 9.17) is 0 Å². The number of hydrazone groups is 2. The second-order valence-electron chi connectivity index (χ2n) is 16.6. The topological polar surface area (TPSA) is 130 Å². The molecule has 18 heteroatoms. The molecule has 0 aliphatic carbocycles. The van der Waals surface area contributed by atoms with Crippen LogP contribution in [-0.2, 0) is 0 Å². The molecule has 0 spiro atoms. The highest BCUT2D eigenvalue weighted by Crippen LogP contribution is 2.33. The Balaban J connectivity index is 0.000000125. The third-order valence-corrected chi connectivity index (χ3v) is 12.0. The monoisotopic (exact) mass is 838 g/mol. The van der Waals surface area contributed by atoms with Crippen LogP contribution in [0.25, 0.3) is 0 Å². The van der Waals surface area contributed by atoms with Gasteiger partial charge in [0.1, 0.15) is 29.6 Å². The molecule has 0 saturated carbocycles. The standard InChI is InChI=1S/C20H21F2N5O.C13H10F2N4O.C10H15N3/c21-17-3-14(4-18(22)5-17)19-1-2-24-27(19)20(28)26-9-13(10-26)8-25-11-15-6-23-7-16(15)12-25;14-10-5-9(6-11(15)7-10)12-1-2-17-19(12)13(20)18-4-3-16-8-18;1-8(2-11-1)5-13-6-9-3-12-4-10(9)7-13/h2-6,13,19H,1,7-12H2;2-8,12H,1H2;3,8,11H,1-2,4-7H2/t19-;12-;/m00./s1. The number of hydrogen-bond donors (Lipinski definition) is 1. The number of likely N-dealkylation sites (tertiary alicyclic amines) is 1. The molecule has 318 valence electrons. The van der Waals surface area contributed by atoms with E-state index in [2.05, 4.69) is 46.5 Å². The maximum absolute atomic E-state index is 13.6. The molecule has 8 aliphatic rings. The highest BCUT2D eigenvalue weighted by Gasteiger charge is 2.39. The largest absolute Gasteiger partial charge is 0.350 e. The lowest BCUT2D eigenvalue weighted by Gasteiger charge is -2.42. The Labute approximate surface area is 350 Å². The lowest BCUT2D eigenvalue weighted by Crippen LogP contribution is -2.56. The van der Waals surface area contributed by atoms with E-state index in [1.54, 1.807) is 22.9 Å². The predicted octanol–water partition coefficient (Wildman–Crippen LogP) is 4.91. The number of nitrogens with one attached hydrogen (secondary N) is 1. The number of nitrogens with zero attached hydrogens (tertiary/aromatic N) is 11. The molecule has 9 heterocycles. The van der Waals surface area contributed by atoms with Crippen molar-refractivity contribution in [3.8, 4) is 0 Å². The van der Waals surface area contributed by atoms with Crippen LogP contribution in [0.5, 0.6) is 0 Å². The average molecular weight is 839 g/mol. The molecule has 1 aromatic heterocycles. The summed E-state index contributed by atoms with van der Waals surface area (Å²) in [4.78, 5) is 44.1. The van der Waals surface area contributed by atoms with Crippen LogP contribution >= 0.6 is 0 Å². The van der Waals surface area contributed by atoms with Crippen LogP contribution < -0.4 is 5.32 Å². The number of rotatable bonds is 6. The fraction of sp³-hybridized carbons (Fsp3) is 0.419. The van der Waals surface area contributed by atoms with Crippen molar-refractivity contribution in [2.75, 3.05) is 78.5 Å². The number of hydrogen-bond acceptors (Lipinski definition) is 10. The Bertz CT molecular complexity index is 2290. The molecule has 8 aliphatic heterocycles. The summed E-state index contributed by atoms with van der Waals surface area (Å²) in [6.07, 6.45) is 12.4. The summed E-state index contributed by atoms with van der Waals surface area (Å²) >= 11 is 0. The van der Waals surface area contributed by atoms with Gasteiger partial charge >= 0.3 is 12.1 Å². The Morgan fingerprint density at radius 1 is 0.656 bits per heavy atom. The molecule has 3 aromatic rings. The summed E-state index contributed by atoms with van der Waals surface area (Å²) in [6.45, 7) is 12.1. The number of carbonyl (C=O) groups excluding carboxylic acids is 2. The fourth-order valence-corrected chi connectivity index (χ4v) is 8.89. The van der Waals surface area contributed by atoms with Crippen molar-refractivity contribution in [1.29, 1.82) is 0 Å². The summed E-state index contributed by atoms with van der Waals surface area (Å²) in [7, 11) is 0. The van der Waals surface area contributed by atoms with Crippen LogP contribution in [0.3, 0.4) is 0 Å². The molecule has 0 radical (unpaired) electrons. The number of urea groups is 1. The molecule has 3 amide bonds. The molecule has 2 aromatic carbocycles. The van der Waals surface area contributed by atoms with Crippen molar-refractivity contribution in [2.45, 2.75) is 24.9 Å². The van der Waals surface area contributed by atoms with Crippen LogP contribution in [0.4, 0.5) is 27.2 Å². The average Bonchev–Trinajstić information content (AvgIpc) is 4.03. The van der Waals surface area contributed by atoms with Gasteiger partial charge in [0.2, 0.25) is 0 Å².